The molecule has 1 aliphatic rings. The van der Waals surface area contributed by atoms with E-state index < -0.39 is 0 Å². The van der Waals surface area contributed by atoms with E-state index in [0.717, 1.165) is 48.9 Å². The number of terminal acetylenes is 1. The molecule has 2 aromatic carbocycles. The molecule has 0 fully saturated rings. The predicted molar refractivity (Wildman–Crippen MR) is 136 cm³/mol. The van der Waals surface area contributed by atoms with Gasteiger partial charge in [0, 0.05) is 42.6 Å². The number of hydrogen-bond donors (Lipinski definition) is 0. The van der Waals surface area contributed by atoms with Gasteiger partial charge in [-0.1, -0.05) is 47.9 Å². The maximum absolute atomic E-state index is 11.9. The highest BCUT2D eigenvalue weighted by Crippen LogP contribution is 2.37. The highest BCUT2D eigenvalue weighted by Gasteiger charge is 2.20. The number of rotatable bonds is 10. The van der Waals surface area contributed by atoms with Gasteiger partial charge in [0.1, 0.15) is 6.61 Å². The number of amides is 1. The van der Waals surface area contributed by atoms with Crippen LogP contribution >= 0.6 is 11.6 Å². The summed E-state index contributed by atoms with van der Waals surface area (Å²) in [5.74, 6) is 2.11. The number of hydroxylamine groups is 2. The lowest BCUT2D eigenvalue weighted by molar-refractivity contribution is -0.167. The van der Waals surface area contributed by atoms with Gasteiger partial charge in [-0.25, -0.2) is 5.06 Å². The Kier molecular flexibility index (Phi) is 9.38. The van der Waals surface area contributed by atoms with Gasteiger partial charge >= 0.3 is 0 Å². The molecule has 5 nitrogen and oxygen atoms in total. The summed E-state index contributed by atoms with van der Waals surface area (Å²) in [4.78, 5) is 21.6. The molecule has 1 aliphatic heterocycles. The van der Waals surface area contributed by atoms with E-state index in [9.17, 15) is 4.79 Å². The highest BCUT2D eigenvalue weighted by atomic mass is 35.5. The number of benzene rings is 2. The first-order valence-electron chi connectivity index (χ1n) is 11.3. The van der Waals surface area contributed by atoms with Gasteiger partial charge in [0.05, 0.1) is 0 Å². The summed E-state index contributed by atoms with van der Waals surface area (Å²) in [6, 6.07) is 14.9. The Morgan fingerprint density at radius 3 is 2.70 bits per heavy atom. The minimum absolute atomic E-state index is 0.0775. The molecule has 0 aliphatic carbocycles. The zero-order chi connectivity index (χ0) is 23.6. The van der Waals surface area contributed by atoms with Crippen LogP contribution in [0.3, 0.4) is 0 Å². The Bertz CT molecular complexity index is 1010. The molecule has 0 aromatic heterocycles. The van der Waals surface area contributed by atoms with Crippen molar-refractivity contribution < 1.29 is 9.63 Å². The minimum atomic E-state index is -0.226. The molecule has 0 saturated heterocycles. The summed E-state index contributed by atoms with van der Waals surface area (Å²) in [7, 11) is 3.61. The number of fused-ring (bicyclic) bond motifs is 2. The number of likely N-dealkylation sites (N-methyl/N-ethyl adjacent to an activating group) is 2. The van der Waals surface area contributed by atoms with Crippen molar-refractivity contribution in [2.75, 3.05) is 45.2 Å². The molecular weight excluding hydrogens is 434 g/mol. The van der Waals surface area contributed by atoms with Crippen LogP contribution in [0.5, 0.6) is 0 Å². The molecular formula is C27H32ClN3O2. The third kappa shape index (κ3) is 7.10. The average Bonchev–Trinajstić information content (AvgIpc) is 2.96. The molecule has 0 bridgehead atoms. The first-order chi connectivity index (χ1) is 16.0. The summed E-state index contributed by atoms with van der Waals surface area (Å²) >= 11 is 6.36. The second kappa shape index (κ2) is 12.5. The molecule has 33 heavy (non-hydrogen) atoms. The maximum Gasteiger partial charge on any atom is 0.269 e. The van der Waals surface area contributed by atoms with E-state index in [2.05, 4.69) is 59.2 Å². The van der Waals surface area contributed by atoms with Gasteiger partial charge in [0.15, 0.2) is 0 Å². The van der Waals surface area contributed by atoms with E-state index in [-0.39, 0.29) is 12.5 Å². The van der Waals surface area contributed by atoms with Gasteiger partial charge in [-0.2, -0.15) is 0 Å². The van der Waals surface area contributed by atoms with E-state index in [4.69, 9.17) is 22.9 Å². The summed E-state index contributed by atoms with van der Waals surface area (Å²) in [6.45, 7) is 2.65. The largest absolute Gasteiger partial charge is 0.341 e. The van der Waals surface area contributed by atoms with Gasteiger partial charge in [-0.05, 0) is 68.6 Å². The van der Waals surface area contributed by atoms with Crippen LogP contribution in [-0.2, 0) is 22.5 Å². The molecule has 1 heterocycles. The molecule has 2 aromatic rings. The fourth-order valence-electron chi connectivity index (χ4n) is 4.00. The predicted octanol–water partition coefficient (Wildman–Crippen LogP) is 4.87. The Morgan fingerprint density at radius 1 is 1.15 bits per heavy atom. The van der Waals surface area contributed by atoms with Gasteiger partial charge < -0.3 is 9.80 Å². The van der Waals surface area contributed by atoms with Gasteiger partial charge in [0.25, 0.3) is 5.91 Å². The third-order valence-corrected chi connectivity index (χ3v) is 6.02. The number of hydrogen-bond acceptors (Lipinski definition) is 4. The van der Waals surface area contributed by atoms with Crippen LogP contribution in [0.1, 0.15) is 24.0 Å². The molecule has 0 atom stereocenters. The lowest BCUT2D eigenvalue weighted by atomic mass is 10.0. The normalized spacial score (nSPS) is 12.9. The van der Waals surface area contributed by atoms with Gasteiger partial charge in [-0.3, -0.25) is 9.63 Å². The summed E-state index contributed by atoms with van der Waals surface area (Å²) in [5.41, 5.74) is 5.23. The smallest absolute Gasteiger partial charge is 0.269 e. The number of unbranched alkanes of at least 4 members (excludes halogenated alkanes) is 1. The fourth-order valence-corrected chi connectivity index (χ4v) is 4.17. The number of para-hydroxylation sites is 1. The second-order valence-electron chi connectivity index (χ2n) is 8.24. The van der Waals surface area contributed by atoms with Crippen molar-refractivity contribution in [1.82, 2.24) is 9.96 Å². The van der Waals surface area contributed by atoms with Crippen LogP contribution in [0.15, 0.2) is 54.6 Å². The SMILES string of the molecule is C#CCON(C)C(=O)/C=C/CN(C)CCCCN1c2ccccc2CCc2ccc(Cl)cc21. The average molecular weight is 466 g/mol. The van der Waals surface area contributed by atoms with Crippen molar-refractivity contribution in [2.24, 2.45) is 0 Å². The number of nitrogens with zero attached hydrogens (tertiary/aromatic N) is 3. The monoisotopic (exact) mass is 465 g/mol. The van der Waals surface area contributed by atoms with Crippen molar-refractivity contribution in [3.05, 3.63) is 70.8 Å². The number of anilines is 2. The molecule has 0 unspecified atom stereocenters. The first kappa shape index (κ1) is 24.9. The van der Waals surface area contributed by atoms with Crippen molar-refractivity contribution >= 4 is 28.9 Å². The Hall–Kier alpha value is -2.78. The molecule has 3 rings (SSSR count). The van der Waals surface area contributed by atoms with Crippen LogP contribution in [0.25, 0.3) is 0 Å². The summed E-state index contributed by atoms with van der Waals surface area (Å²) < 4.78 is 0. The number of halogens is 1. The fraction of sp³-hybridized carbons (Fsp3) is 0.370. The number of carbonyl (C=O) groups excluding carboxylic acids is 1. The summed E-state index contributed by atoms with van der Waals surface area (Å²) in [5, 5.41) is 1.92. The topological polar surface area (TPSA) is 36.0 Å². The van der Waals surface area contributed by atoms with Crippen LogP contribution in [0, 0.1) is 12.3 Å². The van der Waals surface area contributed by atoms with Crippen LogP contribution in [-0.4, -0.2) is 56.2 Å². The lowest BCUT2D eigenvalue weighted by Crippen LogP contribution is -2.26. The van der Waals surface area contributed by atoms with Crippen LogP contribution < -0.4 is 4.90 Å². The van der Waals surface area contributed by atoms with E-state index in [1.165, 1.54) is 28.6 Å². The summed E-state index contributed by atoms with van der Waals surface area (Å²) in [6.07, 6.45) is 12.7. The molecule has 6 heteroatoms. The van der Waals surface area contributed by atoms with Crippen LogP contribution in [0.2, 0.25) is 5.02 Å². The minimum Gasteiger partial charge on any atom is -0.341 e. The third-order valence-electron chi connectivity index (χ3n) is 5.79. The van der Waals surface area contributed by atoms with Crippen molar-refractivity contribution in [2.45, 2.75) is 25.7 Å². The lowest BCUT2D eigenvalue weighted by Gasteiger charge is -2.27. The molecule has 0 saturated carbocycles. The second-order valence-corrected chi connectivity index (χ2v) is 8.67. The van der Waals surface area contributed by atoms with Gasteiger partial charge in [0.2, 0.25) is 0 Å². The molecule has 0 radical (unpaired) electrons. The van der Waals surface area contributed by atoms with E-state index in [1.54, 1.807) is 7.05 Å². The Labute approximate surface area is 202 Å². The Balaban J connectivity index is 1.52. The zero-order valence-corrected chi connectivity index (χ0v) is 20.2. The van der Waals surface area contributed by atoms with E-state index in [1.807, 2.05) is 12.1 Å². The zero-order valence-electron chi connectivity index (χ0n) is 19.5. The highest BCUT2D eigenvalue weighted by molar-refractivity contribution is 6.30. The van der Waals surface area contributed by atoms with Crippen molar-refractivity contribution in [3.8, 4) is 12.3 Å². The van der Waals surface area contributed by atoms with Crippen molar-refractivity contribution in [1.29, 1.82) is 0 Å². The first-order valence-corrected chi connectivity index (χ1v) is 11.7. The maximum atomic E-state index is 11.9. The molecule has 0 spiro atoms. The Morgan fingerprint density at radius 2 is 1.91 bits per heavy atom. The van der Waals surface area contributed by atoms with Crippen molar-refractivity contribution in [3.63, 3.8) is 0 Å². The molecule has 1 amide bonds. The van der Waals surface area contributed by atoms with E-state index >= 15 is 0 Å². The van der Waals surface area contributed by atoms with E-state index in [0.29, 0.717) is 6.54 Å². The van der Waals surface area contributed by atoms with Crippen LogP contribution in [0.4, 0.5) is 11.4 Å². The number of aryl methyl sites for hydroxylation is 2. The van der Waals surface area contributed by atoms with Gasteiger partial charge in [-0.15, -0.1) is 6.42 Å². The molecule has 0 N–H and O–H groups in total. The molecule has 174 valence electrons. The quantitative estimate of drug-likeness (QED) is 0.217. The number of carbonyl (C=O) groups is 1. The standard InChI is InChI=1S/C27H32ClN3O2/c1-4-20-33-30(3)27(32)12-9-18-29(2)17-7-8-19-31-25-11-6-5-10-22(25)13-14-23-15-16-24(28)21-26(23)31/h1,5-6,9-12,15-16,21H,7-8,13-14,17-20H2,2-3H3/b12-9+.